The Morgan fingerprint density at radius 2 is 2.03 bits per heavy atom. The van der Waals surface area contributed by atoms with Crippen LogP contribution in [0.1, 0.15) is 47.1 Å². The van der Waals surface area contributed by atoms with Gasteiger partial charge in [-0.3, -0.25) is 9.59 Å². The lowest BCUT2D eigenvalue weighted by molar-refractivity contribution is -0.115. The molecule has 0 saturated carbocycles. The van der Waals surface area contributed by atoms with Gasteiger partial charge in [-0.2, -0.15) is 0 Å². The molecule has 156 valence electrons. The van der Waals surface area contributed by atoms with Crippen LogP contribution in [-0.4, -0.2) is 48.0 Å². The Bertz CT molecular complexity index is 841. The zero-order valence-corrected chi connectivity index (χ0v) is 17.5. The van der Waals surface area contributed by atoms with Crippen molar-refractivity contribution in [2.45, 2.75) is 40.0 Å². The Hall–Kier alpha value is -2.67. The number of carbonyl (C=O) groups is 2. The van der Waals surface area contributed by atoms with Crippen molar-refractivity contribution in [3.63, 3.8) is 0 Å². The zero-order valence-electron chi connectivity index (χ0n) is 17.5. The van der Waals surface area contributed by atoms with Gasteiger partial charge >= 0.3 is 0 Å². The highest BCUT2D eigenvalue weighted by atomic mass is 16.5. The molecule has 1 aliphatic heterocycles. The van der Waals surface area contributed by atoms with Gasteiger partial charge in [0.25, 0.3) is 5.91 Å². The van der Waals surface area contributed by atoms with Gasteiger partial charge in [-0.15, -0.1) is 0 Å². The number of aryl methyl sites for hydroxylation is 3. The molecule has 1 aromatic carbocycles. The van der Waals surface area contributed by atoms with Gasteiger partial charge < -0.3 is 20.1 Å². The molecule has 7 nitrogen and oxygen atoms in total. The number of para-hydroxylation sites is 1. The van der Waals surface area contributed by atoms with E-state index in [1.165, 1.54) is 0 Å². The lowest BCUT2D eigenvalue weighted by Crippen LogP contribution is -2.34. The van der Waals surface area contributed by atoms with E-state index >= 15 is 0 Å². The molecular formula is C22H30N4O3. The molecule has 2 amide bonds. The summed E-state index contributed by atoms with van der Waals surface area (Å²) in [5, 5.41) is 10.1. The van der Waals surface area contributed by atoms with Crippen LogP contribution < -0.4 is 10.6 Å². The van der Waals surface area contributed by atoms with E-state index in [2.05, 4.69) is 22.7 Å². The molecule has 2 heterocycles. The number of amides is 2. The highest BCUT2D eigenvalue weighted by Crippen LogP contribution is 2.20. The van der Waals surface area contributed by atoms with Gasteiger partial charge in [0, 0.05) is 37.8 Å². The minimum Gasteiger partial charge on any atom is -0.361 e. The van der Waals surface area contributed by atoms with Crippen LogP contribution in [-0.2, 0) is 11.2 Å². The Morgan fingerprint density at radius 1 is 1.28 bits per heavy atom. The number of aromatic nitrogens is 1. The average molecular weight is 399 g/mol. The van der Waals surface area contributed by atoms with Gasteiger partial charge in [-0.05, 0) is 43.7 Å². The number of rotatable bonds is 8. The maximum Gasteiger partial charge on any atom is 0.276 e. The average Bonchev–Trinajstić information content (AvgIpc) is 3.34. The molecule has 3 rings (SSSR count). The second-order valence-corrected chi connectivity index (χ2v) is 7.78. The van der Waals surface area contributed by atoms with Crippen molar-refractivity contribution < 1.29 is 14.1 Å². The molecule has 2 aromatic rings. The van der Waals surface area contributed by atoms with Crippen LogP contribution in [0, 0.1) is 19.8 Å². The van der Waals surface area contributed by atoms with Gasteiger partial charge in [0.15, 0.2) is 5.69 Å². The Labute approximate surface area is 171 Å². The molecule has 1 atom stereocenters. The molecule has 1 aliphatic rings. The largest absolute Gasteiger partial charge is 0.361 e. The number of anilines is 1. The SMILES string of the molecule is CCCc1cc(C(=O)N2CCC(CNCC(=O)Nc3c(C)cccc3C)C2)no1. The summed E-state index contributed by atoms with van der Waals surface area (Å²) in [6, 6.07) is 7.70. The predicted octanol–water partition coefficient (Wildman–Crippen LogP) is 2.93. The van der Waals surface area contributed by atoms with Crippen LogP contribution in [0.25, 0.3) is 0 Å². The van der Waals surface area contributed by atoms with E-state index in [9.17, 15) is 9.59 Å². The summed E-state index contributed by atoms with van der Waals surface area (Å²) in [6.45, 7) is 8.35. The summed E-state index contributed by atoms with van der Waals surface area (Å²) < 4.78 is 5.22. The first-order valence-electron chi connectivity index (χ1n) is 10.3. The molecule has 0 aliphatic carbocycles. The second kappa shape index (κ2) is 9.69. The molecule has 2 N–H and O–H groups in total. The molecule has 1 saturated heterocycles. The minimum absolute atomic E-state index is 0.0561. The van der Waals surface area contributed by atoms with E-state index in [0.29, 0.717) is 31.2 Å². The van der Waals surface area contributed by atoms with Crippen molar-refractivity contribution >= 4 is 17.5 Å². The molecule has 7 heteroatoms. The Kier molecular flexibility index (Phi) is 7.04. The van der Waals surface area contributed by atoms with Crippen LogP contribution >= 0.6 is 0 Å². The van der Waals surface area contributed by atoms with Crippen LogP contribution in [0.4, 0.5) is 5.69 Å². The van der Waals surface area contributed by atoms with E-state index in [0.717, 1.165) is 41.8 Å². The molecule has 1 aromatic heterocycles. The highest BCUT2D eigenvalue weighted by Gasteiger charge is 2.28. The van der Waals surface area contributed by atoms with E-state index in [-0.39, 0.29) is 18.4 Å². The number of carbonyl (C=O) groups excluding carboxylic acids is 2. The zero-order chi connectivity index (χ0) is 20.8. The number of hydrogen-bond acceptors (Lipinski definition) is 5. The third-order valence-electron chi connectivity index (χ3n) is 5.31. The monoisotopic (exact) mass is 398 g/mol. The third-order valence-corrected chi connectivity index (χ3v) is 5.31. The fraction of sp³-hybridized carbons (Fsp3) is 0.500. The van der Waals surface area contributed by atoms with Crippen molar-refractivity contribution in [2.75, 3.05) is 31.5 Å². The second-order valence-electron chi connectivity index (χ2n) is 7.78. The lowest BCUT2D eigenvalue weighted by Gasteiger charge is -2.15. The first-order chi connectivity index (χ1) is 14.0. The summed E-state index contributed by atoms with van der Waals surface area (Å²) in [4.78, 5) is 26.6. The van der Waals surface area contributed by atoms with Gasteiger partial charge in [0.1, 0.15) is 5.76 Å². The number of nitrogens with zero attached hydrogens (tertiary/aromatic N) is 2. The lowest BCUT2D eigenvalue weighted by atomic mass is 10.1. The molecular weight excluding hydrogens is 368 g/mol. The van der Waals surface area contributed by atoms with Gasteiger partial charge in [-0.1, -0.05) is 30.3 Å². The van der Waals surface area contributed by atoms with Gasteiger partial charge in [0.2, 0.25) is 5.91 Å². The van der Waals surface area contributed by atoms with Gasteiger partial charge in [0.05, 0.1) is 6.54 Å². The Morgan fingerprint density at radius 3 is 2.76 bits per heavy atom. The first kappa shape index (κ1) is 21.0. The van der Waals surface area contributed by atoms with Crippen molar-refractivity contribution in [3.05, 3.63) is 46.8 Å². The molecule has 0 spiro atoms. The van der Waals surface area contributed by atoms with Crippen molar-refractivity contribution in [3.8, 4) is 0 Å². The number of likely N-dealkylation sites (tertiary alicyclic amines) is 1. The van der Waals surface area contributed by atoms with Crippen molar-refractivity contribution in [1.29, 1.82) is 0 Å². The standard InChI is InChI=1S/C22H30N4O3/c1-4-6-18-11-19(25-29-18)22(28)26-10-9-17(14-26)12-23-13-20(27)24-21-15(2)7-5-8-16(21)3/h5,7-8,11,17,23H,4,6,9-10,12-14H2,1-3H3,(H,24,27). The predicted molar refractivity (Wildman–Crippen MR) is 112 cm³/mol. The number of benzene rings is 1. The topological polar surface area (TPSA) is 87.5 Å². The van der Waals surface area contributed by atoms with Crippen molar-refractivity contribution in [2.24, 2.45) is 5.92 Å². The maximum absolute atomic E-state index is 12.6. The number of hydrogen-bond donors (Lipinski definition) is 2. The first-order valence-corrected chi connectivity index (χ1v) is 10.3. The summed E-state index contributed by atoms with van der Waals surface area (Å²) in [5.74, 6) is 0.947. The summed E-state index contributed by atoms with van der Waals surface area (Å²) in [7, 11) is 0. The summed E-state index contributed by atoms with van der Waals surface area (Å²) in [5.41, 5.74) is 3.37. The molecule has 0 radical (unpaired) electrons. The smallest absolute Gasteiger partial charge is 0.276 e. The van der Waals surface area contributed by atoms with E-state index in [1.807, 2.05) is 36.9 Å². The normalized spacial score (nSPS) is 16.2. The summed E-state index contributed by atoms with van der Waals surface area (Å²) in [6.07, 6.45) is 2.66. The van der Waals surface area contributed by atoms with E-state index < -0.39 is 0 Å². The van der Waals surface area contributed by atoms with Crippen LogP contribution in [0.3, 0.4) is 0 Å². The fourth-order valence-corrected chi connectivity index (χ4v) is 3.71. The van der Waals surface area contributed by atoms with Crippen molar-refractivity contribution in [1.82, 2.24) is 15.4 Å². The molecule has 29 heavy (non-hydrogen) atoms. The molecule has 0 bridgehead atoms. The van der Waals surface area contributed by atoms with Gasteiger partial charge in [-0.25, -0.2) is 0 Å². The molecule has 1 fully saturated rings. The van der Waals surface area contributed by atoms with Crippen LogP contribution in [0.15, 0.2) is 28.8 Å². The van der Waals surface area contributed by atoms with E-state index in [1.54, 1.807) is 6.07 Å². The maximum atomic E-state index is 12.6. The quantitative estimate of drug-likeness (QED) is 0.714. The number of nitrogens with one attached hydrogen (secondary N) is 2. The highest BCUT2D eigenvalue weighted by molar-refractivity contribution is 5.94. The van der Waals surface area contributed by atoms with E-state index in [4.69, 9.17) is 4.52 Å². The Balaban J connectivity index is 1.42. The fourth-order valence-electron chi connectivity index (χ4n) is 3.71. The minimum atomic E-state index is -0.0774. The third kappa shape index (κ3) is 5.44. The van der Waals surface area contributed by atoms with Crippen LogP contribution in [0.5, 0.6) is 0 Å². The van der Waals surface area contributed by atoms with Crippen LogP contribution in [0.2, 0.25) is 0 Å². The summed E-state index contributed by atoms with van der Waals surface area (Å²) >= 11 is 0. The molecule has 1 unspecified atom stereocenters.